The number of carbonyl (C=O) groups is 4. The van der Waals surface area contributed by atoms with Crippen molar-refractivity contribution in [3.63, 3.8) is 0 Å². The second-order valence-corrected chi connectivity index (χ2v) is 10.2. The molecule has 2 atom stereocenters. The molecular formula is C30H25F4N3O5. The Bertz CT molecular complexity index is 1590. The van der Waals surface area contributed by atoms with Gasteiger partial charge >= 0.3 is 6.18 Å². The molecule has 1 aliphatic carbocycles. The molecule has 3 aromatic carbocycles. The normalized spacial score (nSPS) is 18.8. The molecule has 1 saturated heterocycles. The number of hydrogen-bond donors (Lipinski definition) is 1. The number of benzene rings is 3. The molecule has 0 radical (unpaired) electrons. The van der Waals surface area contributed by atoms with Gasteiger partial charge in [-0.25, -0.2) is 4.39 Å². The fraction of sp³-hybridized carbons (Fsp3) is 0.267. The van der Waals surface area contributed by atoms with Gasteiger partial charge in [0.2, 0.25) is 17.4 Å². The van der Waals surface area contributed by atoms with Crippen LogP contribution in [0, 0.1) is 5.82 Å². The fourth-order valence-electron chi connectivity index (χ4n) is 5.33. The second kappa shape index (κ2) is 10.7. The van der Waals surface area contributed by atoms with Crippen LogP contribution < -0.4 is 5.73 Å². The molecule has 3 amide bonds. The summed E-state index contributed by atoms with van der Waals surface area (Å²) in [5.74, 6) is -3.68. The number of ketones is 1. The van der Waals surface area contributed by atoms with Crippen molar-refractivity contribution in [1.29, 1.82) is 0 Å². The smallest absolute Gasteiger partial charge is 0.366 e. The van der Waals surface area contributed by atoms with Gasteiger partial charge in [0, 0.05) is 24.1 Å². The highest BCUT2D eigenvalue weighted by Crippen LogP contribution is 2.44. The average Bonchev–Trinajstić information content (AvgIpc) is 3.42. The lowest BCUT2D eigenvalue weighted by Gasteiger charge is -2.32. The largest absolute Gasteiger partial charge is 0.408 e. The Balaban J connectivity index is 1.40. The van der Waals surface area contributed by atoms with Gasteiger partial charge in [-0.05, 0) is 47.4 Å². The molecule has 12 heteroatoms. The number of rotatable bonds is 7. The van der Waals surface area contributed by atoms with Crippen LogP contribution in [-0.4, -0.2) is 58.8 Å². The summed E-state index contributed by atoms with van der Waals surface area (Å²) >= 11 is 0. The molecule has 1 fully saturated rings. The Labute approximate surface area is 237 Å². The first-order valence-electron chi connectivity index (χ1n) is 12.9. The van der Waals surface area contributed by atoms with Crippen LogP contribution in [0.5, 0.6) is 0 Å². The summed E-state index contributed by atoms with van der Waals surface area (Å²) in [5, 5.41) is 0. The predicted octanol–water partition coefficient (Wildman–Crippen LogP) is 3.71. The van der Waals surface area contributed by atoms with E-state index in [1.807, 2.05) is 0 Å². The molecular weight excluding hydrogens is 558 g/mol. The van der Waals surface area contributed by atoms with E-state index in [9.17, 15) is 36.7 Å². The summed E-state index contributed by atoms with van der Waals surface area (Å²) in [6.07, 6.45) is -4.94. The van der Waals surface area contributed by atoms with Gasteiger partial charge in [-0.3, -0.25) is 19.2 Å². The van der Waals surface area contributed by atoms with Gasteiger partial charge in [0.25, 0.3) is 5.91 Å². The molecule has 1 heterocycles. The fourth-order valence-corrected chi connectivity index (χ4v) is 5.33. The SMILES string of the molecule is CC(N(Cc1ccc(F)cc1)C(=O)CN1CO[C@]2(C(=O)Cc3cc(-c4ccccc4C(N)=O)ccc32)C1=O)C(F)(F)F. The van der Waals surface area contributed by atoms with E-state index < -0.39 is 67.0 Å². The topological polar surface area (TPSA) is 110 Å². The Morgan fingerprint density at radius 1 is 1.07 bits per heavy atom. The van der Waals surface area contributed by atoms with E-state index in [1.54, 1.807) is 36.4 Å². The molecule has 0 bridgehead atoms. The van der Waals surface area contributed by atoms with E-state index in [0.29, 0.717) is 21.6 Å². The number of hydrogen-bond acceptors (Lipinski definition) is 5. The second-order valence-electron chi connectivity index (χ2n) is 10.2. The van der Waals surface area contributed by atoms with Crippen LogP contribution in [0.25, 0.3) is 11.1 Å². The molecule has 218 valence electrons. The maximum atomic E-state index is 13.7. The van der Waals surface area contributed by atoms with Crippen molar-refractivity contribution in [2.24, 2.45) is 5.73 Å². The van der Waals surface area contributed by atoms with Gasteiger partial charge in [-0.2, -0.15) is 13.2 Å². The average molecular weight is 584 g/mol. The quantitative estimate of drug-likeness (QED) is 0.337. The number of fused-ring (bicyclic) bond motifs is 2. The number of alkyl halides is 3. The molecule has 2 aliphatic rings. The third-order valence-corrected chi connectivity index (χ3v) is 7.61. The Hall–Kier alpha value is -4.58. The minimum atomic E-state index is -4.77. The summed E-state index contributed by atoms with van der Waals surface area (Å²) in [6.45, 7) is -0.928. The minimum Gasteiger partial charge on any atom is -0.366 e. The summed E-state index contributed by atoms with van der Waals surface area (Å²) < 4.78 is 60.1. The number of ether oxygens (including phenoxy) is 1. The molecule has 42 heavy (non-hydrogen) atoms. The molecule has 1 spiro atoms. The van der Waals surface area contributed by atoms with Crippen LogP contribution in [0.1, 0.15) is 34.0 Å². The van der Waals surface area contributed by atoms with E-state index in [4.69, 9.17) is 10.5 Å². The first kappa shape index (κ1) is 28.9. The number of nitrogens with two attached hydrogens (primary N) is 1. The summed E-state index contributed by atoms with van der Waals surface area (Å²) in [4.78, 5) is 53.4. The summed E-state index contributed by atoms with van der Waals surface area (Å²) in [7, 11) is 0. The molecule has 0 aromatic heterocycles. The zero-order valence-electron chi connectivity index (χ0n) is 22.3. The van der Waals surface area contributed by atoms with Crippen molar-refractivity contribution >= 4 is 23.5 Å². The van der Waals surface area contributed by atoms with E-state index in [2.05, 4.69) is 0 Å². The number of Topliss-reactive ketones (excluding diaryl/α,β-unsaturated/α-hetero) is 1. The third-order valence-electron chi connectivity index (χ3n) is 7.61. The molecule has 8 nitrogen and oxygen atoms in total. The van der Waals surface area contributed by atoms with Crippen molar-refractivity contribution in [3.05, 3.63) is 94.8 Å². The first-order valence-corrected chi connectivity index (χ1v) is 12.9. The van der Waals surface area contributed by atoms with E-state index in [0.717, 1.165) is 24.0 Å². The highest BCUT2D eigenvalue weighted by molar-refractivity contribution is 6.15. The molecule has 5 rings (SSSR count). The van der Waals surface area contributed by atoms with E-state index in [-0.39, 0.29) is 23.1 Å². The zero-order valence-corrected chi connectivity index (χ0v) is 22.3. The van der Waals surface area contributed by atoms with Gasteiger partial charge in [0.1, 0.15) is 25.1 Å². The minimum absolute atomic E-state index is 0.169. The number of nitrogens with zero attached hydrogens (tertiary/aromatic N) is 2. The Morgan fingerprint density at radius 3 is 2.43 bits per heavy atom. The highest BCUT2D eigenvalue weighted by Gasteiger charge is 2.59. The van der Waals surface area contributed by atoms with Crippen LogP contribution in [0.15, 0.2) is 66.7 Å². The van der Waals surface area contributed by atoms with Crippen molar-refractivity contribution in [3.8, 4) is 11.1 Å². The Morgan fingerprint density at radius 2 is 1.76 bits per heavy atom. The monoisotopic (exact) mass is 583 g/mol. The number of primary amides is 1. The molecule has 1 aliphatic heterocycles. The van der Waals surface area contributed by atoms with Crippen molar-refractivity contribution < 1.29 is 41.5 Å². The standard InChI is InChI=1S/C30H25F4N3O5/c1-17(30(32,33)34)37(14-18-6-9-21(31)10-7-18)26(39)15-36-16-42-29(28(36)41)24-11-8-19(12-20(24)13-25(29)38)22-4-2-3-5-23(22)27(35)40/h2-12,17H,13-16H2,1H3,(H2,35,40)/t17?,29-/m1/s1. The van der Waals surface area contributed by atoms with Gasteiger partial charge in [-0.1, -0.05) is 48.5 Å². The highest BCUT2D eigenvalue weighted by atomic mass is 19.4. The zero-order chi connectivity index (χ0) is 30.4. The molecule has 1 unspecified atom stereocenters. The van der Waals surface area contributed by atoms with Crippen LogP contribution in [0.2, 0.25) is 0 Å². The molecule has 3 aromatic rings. The summed E-state index contributed by atoms with van der Waals surface area (Å²) in [6, 6.07) is 13.9. The predicted molar refractivity (Wildman–Crippen MR) is 141 cm³/mol. The maximum Gasteiger partial charge on any atom is 0.408 e. The van der Waals surface area contributed by atoms with Gasteiger partial charge in [0.15, 0.2) is 5.78 Å². The van der Waals surface area contributed by atoms with Crippen LogP contribution >= 0.6 is 0 Å². The number of halogens is 4. The lowest BCUT2D eigenvalue weighted by Crippen LogP contribution is -2.51. The molecule has 0 saturated carbocycles. The summed E-state index contributed by atoms with van der Waals surface area (Å²) in [5.41, 5.74) is 5.85. The van der Waals surface area contributed by atoms with Crippen LogP contribution in [0.3, 0.4) is 0 Å². The van der Waals surface area contributed by atoms with E-state index >= 15 is 0 Å². The van der Waals surface area contributed by atoms with Gasteiger partial charge in [-0.15, -0.1) is 0 Å². The first-order chi connectivity index (χ1) is 19.8. The maximum absolute atomic E-state index is 13.7. The lowest BCUT2D eigenvalue weighted by molar-refractivity contribution is -0.187. The van der Waals surface area contributed by atoms with Crippen LogP contribution in [0.4, 0.5) is 17.6 Å². The Kier molecular flexibility index (Phi) is 7.35. The van der Waals surface area contributed by atoms with Crippen LogP contribution in [-0.2, 0) is 37.7 Å². The van der Waals surface area contributed by atoms with Gasteiger partial charge in [0.05, 0.1) is 0 Å². The number of amides is 3. The van der Waals surface area contributed by atoms with Gasteiger partial charge < -0.3 is 20.3 Å². The molecule has 2 N–H and O–H groups in total. The third kappa shape index (κ3) is 5.02. The van der Waals surface area contributed by atoms with E-state index in [1.165, 1.54) is 18.2 Å². The lowest BCUT2D eigenvalue weighted by atomic mass is 9.91. The van der Waals surface area contributed by atoms with Crippen molar-refractivity contribution in [1.82, 2.24) is 9.80 Å². The van der Waals surface area contributed by atoms with Crippen molar-refractivity contribution in [2.45, 2.75) is 37.7 Å². The number of carbonyl (C=O) groups excluding carboxylic acids is 4. The van der Waals surface area contributed by atoms with Crippen molar-refractivity contribution in [2.75, 3.05) is 13.3 Å².